The SMILES string of the molecule is CCCCC/C=C\C/C=C\CCCCCCCCCC(=O)NC(COP(=O)([O-])OCC[N+](C)(C)C)C(O)CCCCCCCCCCCCCCCCCCCCCC. The summed E-state index contributed by atoms with van der Waals surface area (Å²) in [6, 6.07) is -0.803. The minimum absolute atomic E-state index is 0.0113. The second-order valence-electron chi connectivity index (χ2n) is 18.5. The van der Waals surface area contributed by atoms with Crippen molar-refractivity contribution in [3.05, 3.63) is 24.3 Å². The van der Waals surface area contributed by atoms with E-state index in [1.165, 1.54) is 161 Å². The van der Waals surface area contributed by atoms with Crippen LogP contribution in [0.25, 0.3) is 0 Å². The van der Waals surface area contributed by atoms with Gasteiger partial charge in [-0.15, -0.1) is 0 Å². The van der Waals surface area contributed by atoms with Gasteiger partial charge in [-0.1, -0.05) is 212 Å². The van der Waals surface area contributed by atoms with Gasteiger partial charge < -0.3 is 28.8 Å². The Hall–Kier alpha value is -1.02. The molecule has 1 amide bonds. The van der Waals surface area contributed by atoms with Crippen molar-refractivity contribution < 1.29 is 32.9 Å². The van der Waals surface area contributed by atoms with Crippen LogP contribution in [0.5, 0.6) is 0 Å². The molecule has 0 fully saturated rings. The zero-order chi connectivity index (χ0) is 43.6. The van der Waals surface area contributed by atoms with E-state index in [-0.39, 0.29) is 19.1 Å². The van der Waals surface area contributed by atoms with Crippen LogP contribution in [-0.2, 0) is 18.4 Å². The summed E-state index contributed by atoms with van der Waals surface area (Å²) >= 11 is 0. The lowest BCUT2D eigenvalue weighted by Crippen LogP contribution is -2.46. The van der Waals surface area contributed by atoms with Gasteiger partial charge >= 0.3 is 0 Å². The van der Waals surface area contributed by atoms with Crippen molar-refractivity contribution in [3.8, 4) is 0 Å². The number of aliphatic hydroxyl groups is 1. The van der Waals surface area contributed by atoms with E-state index in [1.807, 2.05) is 21.1 Å². The van der Waals surface area contributed by atoms with E-state index in [4.69, 9.17) is 9.05 Å². The lowest BCUT2D eigenvalue weighted by atomic mass is 10.0. The van der Waals surface area contributed by atoms with Crippen molar-refractivity contribution in [1.82, 2.24) is 5.32 Å². The molecule has 0 aliphatic heterocycles. The smallest absolute Gasteiger partial charge is 0.268 e. The molecule has 0 saturated carbocycles. The van der Waals surface area contributed by atoms with Gasteiger partial charge in [0, 0.05) is 6.42 Å². The molecule has 0 bridgehead atoms. The molecule has 0 spiro atoms. The van der Waals surface area contributed by atoms with Crippen molar-refractivity contribution in [2.45, 2.75) is 251 Å². The van der Waals surface area contributed by atoms with E-state index < -0.39 is 20.0 Å². The zero-order valence-corrected chi connectivity index (χ0v) is 40.6. The van der Waals surface area contributed by atoms with Crippen LogP contribution >= 0.6 is 7.82 Å². The highest BCUT2D eigenvalue weighted by molar-refractivity contribution is 7.45. The minimum atomic E-state index is -4.57. The summed E-state index contributed by atoms with van der Waals surface area (Å²) in [7, 11) is 1.30. The van der Waals surface area contributed by atoms with E-state index in [9.17, 15) is 19.4 Å². The summed E-state index contributed by atoms with van der Waals surface area (Å²) in [5, 5.41) is 14.0. The molecule has 0 saturated heterocycles. The summed E-state index contributed by atoms with van der Waals surface area (Å²) in [5.41, 5.74) is 0. The number of amides is 1. The molecule has 0 radical (unpaired) electrons. The third-order valence-electron chi connectivity index (χ3n) is 11.4. The number of phosphoric ester groups is 1. The fourth-order valence-electron chi connectivity index (χ4n) is 7.42. The predicted octanol–water partition coefficient (Wildman–Crippen LogP) is 13.8. The van der Waals surface area contributed by atoms with Gasteiger partial charge in [-0.25, -0.2) is 0 Å². The number of aliphatic hydroxyl groups excluding tert-OH is 1. The molecule has 3 unspecified atom stereocenters. The molecule has 0 aliphatic rings. The van der Waals surface area contributed by atoms with E-state index in [0.29, 0.717) is 23.9 Å². The predicted molar refractivity (Wildman–Crippen MR) is 252 cm³/mol. The maximum absolute atomic E-state index is 12.9. The third-order valence-corrected chi connectivity index (χ3v) is 12.4. The van der Waals surface area contributed by atoms with E-state index >= 15 is 0 Å². The van der Waals surface area contributed by atoms with Crippen molar-refractivity contribution >= 4 is 13.7 Å². The number of hydrogen-bond acceptors (Lipinski definition) is 6. The molecule has 8 nitrogen and oxygen atoms in total. The van der Waals surface area contributed by atoms with Gasteiger partial charge in [0.1, 0.15) is 13.2 Å². The first-order valence-corrected chi connectivity index (χ1v) is 26.6. The number of allylic oxidation sites excluding steroid dienone is 4. The van der Waals surface area contributed by atoms with E-state index in [0.717, 1.165) is 51.4 Å². The number of rotatable bonds is 46. The summed E-state index contributed by atoms with van der Waals surface area (Å²) in [6.07, 6.45) is 50.4. The summed E-state index contributed by atoms with van der Waals surface area (Å²) in [5.74, 6) is -0.171. The molecule has 9 heteroatoms. The molecule has 0 rings (SSSR count). The van der Waals surface area contributed by atoms with Gasteiger partial charge in [0.2, 0.25) is 5.91 Å². The van der Waals surface area contributed by atoms with Crippen LogP contribution in [0.3, 0.4) is 0 Å². The van der Waals surface area contributed by atoms with Crippen LogP contribution in [-0.4, -0.2) is 68.5 Å². The van der Waals surface area contributed by atoms with Gasteiger partial charge in [-0.2, -0.15) is 0 Å². The molecule has 0 heterocycles. The molecular weight excluding hydrogens is 756 g/mol. The largest absolute Gasteiger partial charge is 0.756 e. The number of phosphoric acid groups is 1. The quantitative estimate of drug-likeness (QED) is 0.0273. The molecule has 3 atom stereocenters. The summed E-state index contributed by atoms with van der Waals surface area (Å²) < 4.78 is 23.3. The van der Waals surface area contributed by atoms with Crippen LogP contribution < -0.4 is 10.2 Å². The Bertz CT molecular complexity index is 1020. The van der Waals surface area contributed by atoms with Crippen LogP contribution in [0.15, 0.2) is 24.3 Å². The topological polar surface area (TPSA) is 108 Å². The van der Waals surface area contributed by atoms with Gasteiger partial charge in [0.15, 0.2) is 0 Å². The second kappa shape index (κ2) is 42.3. The molecule has 2 N–H and O–H groups in total. The van der Waals surface area contributed by atoms with E-state index in [2.05, 4.69) is 43.5 Å². The first-order valence-electron chi connectivity index (χ1n) is 25.2. The maximum Gasteiger partial charge on any atom is 0.268 e. The Morgan fingerprint density at radius 1 is 0.593 bits per heavy atom. The van der Waals surface area contributed by atoms with Crippen LogP contribution in [0.2, 0.25) is 0 Å². The molecule has 0 aromatic heterocycles. The number of likely N-dealkylation sites (N-methyl/N-ethyl adjacent to an activating group) is 1. The van der Waals surface area contributed by atoms with Crippen LogP contribution in [0.1, 0.15) is 239 Å². The molecular formula is C50H99N2O6P. The Kier molecular flexibility index (Phi) is 41.6. The van der Waals surface area contributed by atoms with Crippen molar-refractivity contribution in [2.24, 2.45) is 0 Å². The van der Waals surface area contributed by atoms with Crippen LogP contribution in [0, 0.1) is 0 Å². The average Bonchev–Trinajstić information content (AvgIpc) is 3.19. The Morgan fingerprint density at radius 3 is 1.44 bits per heavy atom. The first-order chi connectivity index (χ1) is 28.5. The van der Waals surface area contributed by atoms with Crippen molar-refractivity contribution in [1.29, 1.82) is 0 Å². The number of nitrogens with one attached hydrogen (secondary N) is 1. The fourth-order valence-corrected chi connectivity index (χ4v) is 8.15. The lowest BCUT2D eigenvalue weighted by molar-refractivity contribution is -0.870. The Labute approximate surface area is 366 Å². The molecule has 350 valence electrons. The van der Waals surface area contributed by atoms with E-state index in [1.54, 1.807) is 0 Å². The maximum atomic E-state index is 12.9. The molecule has 59 heavy (non-hydrogen) atoms. The first kappa shape index (κ1) is 58.0. The third kappa shape index (κ3) is 44.8. The number of hydrogen-bond donors (Lipinski definition) is 2. The number of unbranched alkanes of at least 4 members (excludes halogenated alkanes) is 29. The number of carbonyl (C=O) groups excluding carboxylic acids is 1. The Morgan fingerprint density at radius 2 is 0.983 bits per heavy atom. The van der Waals surface area contributed by atoms with Gasteiger partial charge in [-0.05, 0) is 44.9 Å². The van der Waals surface area contributed by atoms with Crippen molar-refractivity contribution in [2.75, 3.05) is 40.9 Å². The Balaban J connectivity index is 4.27. The summed E-state index contributed by atoms with van der Waals surface area (Å²) in [6.45, 7) is 4.71. The lowest BCUT2D eigenvalue weighted by Gasteiger charge is -2.30. The zero-order valence-electron chi connectivity index (χ0n) is 39.7. The van der Waals surface area contributed by atoms with Crippen LogP contribution in [0.4, 0.5) is 0 Å². The minimum Gasteiger partial charge on any atom is -0.756 e. The monoisotopic (exact) mass is 855 g/mol. The second-order valence-corrected chi connectivity index (χ2v) is 19.9. The summed E-state index contributed by atoms with van der Waals surface area (Å²) in [4.78, 5) is 25.4. The molecule has 0 aromatic rings. The highest BCUT2D eigenvalue weighted by Gasteiger charge is 2.24. The van der Waals surface area contributed by atoms with Gasteiger partial charge in [0.05, 0.1) is 39.9 Å². The van der Waals surface area contributed by atoms with Gasteiger partial charge in [0.25, 0.3) is 7.82 Å². The standard InChI is InChI=1S/C50H99N2O6P/c1-6-8-10-12-14-16-18-20-22-24-25-26-28-29-31-33-35-37-39-41-43-49(53)48(47-58-59(55,56)57-46-45-52(3,4)5)51-50(54)44-42-40-38-36-34-32-30-27-23-21-19-17-15-13-11-9-7-2/h15,17,21,23,48-49,53H,6-14,16,18-20,22,24-47H2,1-5H3,(H-,51,54,55,56)/b17-15-,23-21-. The normalized spacial score (nSPS) is 14.4. The molecule has 0 aromatic carbocycles. The highest BCUT2D eigenvalue weighted by Crippen LogP contribution is 2.38. The van der Waals surface area contributed by atoms with Crippen molar-refractivity contribution in [3.63, 3.8) is 0 Å². The highest BCUT2D eigenvalue weighted by atomic mass is 31.2. The number of carbonyl (C=O) groups is 1. The average molecular weight is 855 g/mol. The van der Waals surface area contributed by atoms with Gasteiger partial charge in [-0.3, -0.25) is 9.36 Å². The number of nitrogens with zero attached hydrogens (tertiary/aromatic N) is 1. The molecule has 0 aliphatic carbocycles. The number of quaternary nitrogens is 1. The fraction of sp³-hybridized carbons (Fsp3) is 0.900.